The Bertz CT molecular complexity index is 600. The summed E-state index contributed by atoms with van der Waals surface area (Å²) in [5.41, 5.74) is 1.17. The number of rotatable bonds is 4. The molecule has 0 aliphatic heterocycles. The van der Waals surface area contributed by atoms with Gasteiger partial charge in [0, 0.05) is 16.7 Å². The van der Waals surface area contributed by atoms with Gasteiger partial charge in [0.15, 0.2) is 0 Å². The van der Waals surface area contributed by atoms with Gasteiger partial charge in [-0.25, -0.2) is 0 Å². The van der Waals surface area contributed by atoms with Crippen molar-refractivity contribution >= 4 is 16.6 Å². The molecule has 0 saturated heterocycles. The van der Waals surface area contributed by atoms with Gasteiger partial charge in [-0.3, -0.25) is 9.00 Å². The van der Waals surface area contributed by atoms with Crippen molar-refractivity contribution in [3.8, 4) is 0 Å². The second kappa shape index (κ2) is 5.53. The number of benzene rings is 1. The number of allylic oxidation sites excluding steroid dienone is 2. The second-order valence-corrected chi connectivity index (χ2v) is 8.22. The first-order valence-corrected chi connectivity index (χ1v) is 8.89. The number of carbonyl (C=O) groups is 1. The molecule has 1 aromatic rings. The van der Waals surface area contributed by atoms with E-state index in [4.69, 9.17) is 0 Å². The fraction of sp³-hybridized carbons (Fsp3) is 0.500. The molecule has 112 valence electrons. The molecule has 0 aromatic heterocycles. The lowest BCUT2D eigenvalue weighted by Crippen LogP contribution is -2.37. The standard InChI is InChI=1S/C18H22O2S/c1-11(2)17(19)16-13-6-7-14(10-13)18(16)21(20)15-8-4-12(3)5-9-15/h4-9,11,13-14,16,18H,10H2,1-3H3/t13-,14+,16-,18+,21?/m1/s1. The van der Waals surface area contributed by atoms with Crippen LogP contribution in [0.1, 0.15) is 25.8 Å². The van der Waals surface area contributed by atoms with Crippen molar-refractivity contribution in [2.24, 2.45) is 23.7 Å². The summed E-state index contributed by atoms with van der Waals surface area (Å²) in [7, 11) is -1.11. The molecule has 0 radical (unpaired) electrons. The van der Waals surface area contributed by atoms with Crippen LogP contribution in [0.15, 0.2) is 41.3 Å². The van der Waals surface area contributed by atoms with Crippen molar-refractivity contribution in [1.82, 2.24) is 0 Å². The molecular weight excluding hydrogens is 280 g/mol. The van der Waals surface area contributed by atoms with Crippen molar-refractivity contribution in [3.05, 3.63) is 42.0 Å². The van der Waals surface area contributed by atoms with Gasteiger partial charge in [-0.1, -0.05) is 43.7 Å². The van der Waals surface area contributed by atoms with Gasteiger partial charge in [-0.05, 0) is 37.3 Å². The lowest BCUT2D eigenvalue weighted by molar-refractivity contribution is -0.126. The summed E-state index contributed by atoms with van der Waals surface area (Å²) in [4.78, 5) is 13.4. The Hall–Kier alpha value is -1.22. The molecule has 3 heteroatoms. The molecule has 2 aliphatic carbocycles. The Kier molecular flexibility index (Phi) is 3.87. The highest BCUT2D eigenvalue weighted by molar-refractivity contribution is 7.85. The summed E-state index contributed by atoms with van der Waals surface area (Å²) in [6.45, 7) is 5.92. The minimum atomic E-state index is -1.11. The van der Waals surface area contributed by atoms with Crippen molar-refractivity contribution in [2.45, 2.75) is 37.3 Å². The number of carbonyl (C=O) groups excluding carboxylic acids is 1. The lowest BCUT2D eigenvalue weighted by Gasteiger charge is -2.27. The van der Waals surface area contributed by atoms with E-state index in [2.05, 4.69) is 12.2 Å². The highest BCUT2D eigenvalue weighted by Crippen LogP contribution is 2.48. The molecule has 1 fully saturated rings. The van der Waals surface area contributed by atoms with Crippen LogP contribution in [0.3, 0.4) is 0 Å². The van der Waals surface area contributed by atoms with Crippen LogP contribution in [0.2, 0.25) is 0 Å². The summed E-state index contributed by atoms with van der Waals surface area (Å²) in [6.07, 6.45) is 5.33. The van der Waals surface area contributed by atoms with Crippen molar-refractivity contribution in [1.29, 1.82) is 0 Å². The van der Waals surface area contributed by atoms with Crippen LogP contribution in [0, 0.1) is 30.6 Å². The van der Waals surface area contributed by atoms with Gasteiger partial charge in [-0.2, -0.15) is 0 Å². The molecule has 0 heterocycles. The molecular formula is C18H22O2S. The van der Waals surface area contributed by atoms with Crippen LogP contribution < -0.4 is 0 Å². The molecule has 3 rings (SSSR count). The molecule has 0 spiro atoms. The predicted octanol–water partition coefficient (Wildman–Crippen LogP) is 3.52. The van der Waals surface area contributed by atoms with Gasteiger partial charge in [0.05, 0.1) is 16.0 Å². The third-order valence-corrected chi connectivity index (χ3v) is 6.66. The Labute approximate surface area is 129 Å². The quantitative estimate of drug-likeness (QED) is 0.798. The predicted molar refractivity (Wildman–Crippen MR) is 85.4 cm³/mol. The Morgan fingerprint density at radius 3 is 2.38 bits per heavy atom. The zero-order valence-corrected chi connectivity index (χ0v) is 13.6. The Morgan fingerprint density at radius 1 is 1.14 bits per heavy atom. The fourth-order valence-electron chi connectivity index (χ4n) is 3.66. The zero-order valence-electron chi connectivity index (χ0n) is 12.8. The van der Waals surface area contributed by atoms with Gasteiger partial charge in [0.2, 0.25) is 0 Å². The maximum Gasteiger partial charge on any atom is 0.140 e. The smallest absolute Gasteiger partial charge is 0.140 e. The number of aryl methyl sites for hydroxylation is 1. The monoisotopic (exact) mass is 302 g/mol. The van der Waals surface area contributed by atoms with E-state index in [1.807, 2.05) is 45.0 Å². The largest absolute Gasteiger partial charge is 0.299 e. The average Bonchev–Trinajstić information content (AvgIpc) is 3.07. The van der Waals surface area contributed by atoms with E-state index in [9.17, 15) is 9.00 Å². The van der Waals surface area contributed by atoms with Crippen LogP contribution in [0.5, 0.6) is 0 Å². The van der Waals surface area contributed by atoms with Gasteiger partial charge in [0.25, 0.3) is 0 Å². The van der Waals surface area contributed by atoms with Crippen LogP contribution in [0.4, 0.5) is 0 Å². The first kappa shape index (κ1) is 14.7. The normalized spacial score (nSPS) is 31.8. The van der Waals surface area contributed by atoms with Crippen molar-refractivity contribution in [3.63, 3.8) is 0 Å². The van der Waals surface area contributed by atoms with Crippen LogP contribution >= 0.6 is 0 Å². The van der Waals surface area contributed by atoms with Crippen molar-refractivity contribution in [2.75, 3.05) is 0 Å². The topological polar surface area (TPSA) is 34.1 Å². The van der Waals surface area contributed by atoms with Gasteiger partial charge in [-0.15, -0.1) is 0 Å². The van der Waals surface area contributed by atoms with Crippen LogP contribution in [0.25, 0.3) is 0 Å². The first-order valence-electron chi connectivity index (χ1n) is 7.68. The number of hydrogen-bond acceptors (Lipinski definition) is 2. The molecule has 2 aliphatic rings. The van der Waals surface area contributed by atoms with Gasteiger partial charge in [0.1, 0.15) is 5.78 Å². The molecule has 2 nitrogen and oxygen atoms in total. The van der Waals surface area contributed by atoms with E-state index >= 15 is 0 Å². The second-order valence-electron chi connectivity index (χ2n) is 6.61. The summed E-state index contributed by atoms with van der Waals surface area (Å²) in [5, 5.41) is -0.0439. The molecule has 1 saturated carbocycles. The van der Waals surface area contributed by atoms with Crippen LogP contribution in [-0.2, 0) is 15.6 Å². The van der Waals surface area contributed by atoms with E-state index in [0.717, 1.165) is 11.3 Å². The van der Waals surface area contributed by atoms with Gasteiger partial charge < -0.3 is 0 Å². The lowest BCUT2D eigenvalue weighted by atomic mass is 9.84. The summed E-state index contributed by atoms with van der Waals surface area (Å²) >= 11 is 0. The average molecular weight is 302 g/mol. The number of Topliss-reactive ketones (excluding diaryl/α,β-unsaturated/α-hetero) is 1. The maximum absolute atomic E-state index is 13.0. The number of hydrogen-bond donors (Lipinski definition) is 0. The Balaban J connectivity index is 1.92. The van der Waals surface area contributed by atoms with E-state index in [1.54, 1.807) is 0 Å². The van der Waals surface area contributed by atoms with Crippen molar-refractivity contribution < 1.29 is 9.00 Å². The summed E-state index contributed by atoms with van der Waals surface area (Å²) in [5.74, 6) is 0.814. The van der Waals surface area contributed by atoms with E-state index < -0.39 is 10.8 Å². The molecule has 1 aromatic carbocycles. The van der Waals surface area contributed by atoms with Gasteiger partial charge >= 0.3 is 0 Å². The summed E-state index contributed by atoms with van der Waals surface area (Å²) < 4.78 is 13.0. The highest BCUT2D eigenvalue weighted by Gasteiger charge is 2.51. The zero-order chi connectivity index (χ0) is 15.1. The third kappa shape index (κ3) is 2.52. The maximum atomic E-state index is 13.0. The fourth-order valence-corrected chi connectivity index (χ4v) is 5.50. The van der Waals surface area contributed by atoms with Crippen LogP contribution in [-0.4, -0.2) is 15.2 Å². The molecule has 21 heavy (non-hydrogen) atoms. The number of fused-ring (bicyclic) bond motifs is 2. The highest BCUT2D eigenvalue weighted by atomic mass is 32.2. The van der Waals surface area contributed by atoms with E-state index in [-0.39, 0.29) is 22.9 Å². The number of ketones is 1. The third-order valence-electron chi connectivity index (χ3n) is 4.79. The van der Waals surface area contributed by atoms with E-state index in [0.29, 0.717) is 11.8 Å². The first-order chi connectivity index (χ1) is 9.99. The van der Waals surface area contributed by atoms with E-state index in [1.165, 1.54) is 5.56 Å². The Morgan fingerprint density at radius 2 is 1.76 bits per heavy atom. The molecule has 1 unspecified atom stereocenters. The molecule has 0 amide bonds. The minimum Gasteiger partial charge on any atom is -0.299 e. The molecule has 5 atom stereocenters. The SMILES string of the molecule is Cc1ccc(S(=O)[C@@H]2[C@@H](C(=O)C(C)C)[C@@H]3C=C[C@H]2C3)cc1. The summed E-state index contributed by atoms with van der Waals surface area (Å²) in [6, 6.07) is 7.88. The molecule has 2 bridgehead atoms. The minimum absolute atomic E-state index is 0.0141. The molecule has 0 N–H and O–H groups in total.